The van der Waals surface area contributed by atoms with Crippen molar-refractivity contribution in [2.24, 2.45) is 0 Å². The third-order valence-electron chi connectivity index (χ3n) is 4.22. The van der Waals surface area contributed by atoms with Gasteiger partial charge in [0, 0.05) is 5.56 Å². The smallest absolute Gasteiger partial charge is 0.123 e. The van der Waals surface area contributed by atoms with E-state index in [1.807, 2.05) is 50.2 Å². The quantitative estimate of drug-likeness (QED) is 0.937. The molecule has 3 rings (SSSR count). The van der Waals surface area contributed by atoms with Crippen molar-refractivity contribution in [2.45, 2.75) is 25.9 Å². The maximum atomic E-state index is 10.8. The zero-order valence-corrected chi connectivity index (χ0v) is 12.6. The fourth-order valence-corrected chi connectivity index (χ4v) is 3.02. The fourth-order valence-electron chi connectivity index (χ4n) is 3.02. The summed E-state index contributed by atoms with van der Waals surface area (Å²) in [7, 11) is 1.67. The van der Waals surface area contributed by atoms with Crippen LogP contribution in [0.25, 0.3) is 0 Å². The van der Waals surface area contributed by atoms with Gasteiger partial charge in [-0.2, -0.15) is 0 Å². The average Bonchev–Trinajstić information content (AvgIpc) is 2.92. The van der Waals surface area contributed by atoms with Gasteiger partial charge in [-0.15, -0.1) is 0 Å². The number of ether oxygens (including phenoxy) is 2. The molecular formula is C18H20O3. The molecule has 0 radical (unpaired) electrons. The molecule has 0 fully saturated rings. The number of benzene rings is 2. The van der Waals surface area contributed by atoms with Gasteiger partial charge in [-0.1, -0.05) is 18.2 Å². The van der Waals surface area contributed by atoms with E-state index in [0.717, 1.165) is 33.8 Å². The second kappa shape index (κ2) is 5.41. The highest BCUT2D eigenvalue weighted by Crippen LogP contribution is 2.42. The standard InChI is InChI=1S/C18H20O3/c1-11-9-17(20-3)12(2)8-14(11)18(19)15-10-21-16-7-5-4-6-13(15)16/h4-9,15,18-19H,10H2,1-3H3. The minimum Gasteiger partial charge on any atom is -0.496 e. The van der Waals surface area contributed by atoms with E-state index in [-0.39, 0.29) is 5.92 Å². The van der Waals surface area contributed by atoms with Gasteiger partial charge in [-0.3, -0.25) is 0 Å². The largest absolute Gasteiger partial charge is 0.496 e. The van der Waals surface area contributed by atoms with Gasteiger partial charge in [0.1, 0.15) is 11.5 Å². The Morgan fingerprint density at radius 2 is 1.95 bits per heavy atom. The minimum absolute atomic E-state index is 0.0207. The molecule has 0 saturated heterocycles. The maximum Gasteiger partial charge on any atom is 0.123 e. The van der Waals surface area contributed by atoms with Gasteiger partial charge in [0.05, 0.1) is 25.7 Å². The molecule has 2 aromatic carbocycles. The lowest BCUT2D eigenvalue weighted by Crippen LogP contribution is -2.14. The van der Waals surface area contributed by atoms with Crippen LogP contribution in [0, 0.1) is 13.8 Å². The van der Waals surface area contributed by atoms with Gasteiger partial charge in [0.15, 0.2) is 0 Å². The molecule has 3 heteroatoms. The van der Waals surface area contributed by atoms with Crippen molar-refractivity contribution in [1.29, 1.82) is 0 Å². The molecule has 0 aromatic heterocycles. The molecule has 0 aliphatic carbocycles. The second-order valence-corrected chi connectivity index (χ2v) is 5.58. The van der Waals surface area contributed by atoms with Crippen LogP contribution in [0.2, 0.25) is 0 Å². The molecule has 1 aliphatic heterocycles. The predicted molar refractivity (Wildman–Crippen MR) is 82.1 cm³/mol. The average molecular weight is 284 g/mol. The number of aliphatic hydroxyl groups excluding tert-OH is 1. The predicted octanol–water partition coefficient (Wildman–Crippen LogP) is 3.52. The van der Waals surface area contributed by atoms with Crippen LogP contribution >= 0.6 is 0 Å². The molecule has 0 saturated carbocycles. The molecule has 2 unspecified atom stereocenters. The molecule has 0 bridgehead atoms. The van der Waals surface area contributed by atoms with Crippen molar-refractivity contribution in [3.05, 3.63) is 58.7 Å². The Kier molecular flexibility index (Phi) is 3.60. The van der Waals surface area contributed by atoms with E-state index in [9.17, 15) is 5.11 Å². The maximum absolute atomic E-state index is 10.8. The van der Waals surface area contributed by atoms with Crippen LogP contribution < -0.4 is 9.47 Å². The summed E-state index contributed by atoms with van der Waals surface area (Å²) in [5, 5.41) is 10.8. The van der Waals surface area contributed by atoms with Crippen LogP contribution in [-0.2, 0) is 0 Å². The number of fused-ring (bicyclic) bond motifs is 1. The first-order valence-corrected chi connectivity index (χ1v) is 7.16. The molecule has 21 heavy (non-hydrogen) atoms. The number of aryl methyl sites for hydroxylation is 2. The summed E-state index contributed by atoms with van der Waals surface area (Å²) in [4.78, 5) is 0. The van der Waals surface area contributed by atoms with Crippen LogP contribution in [0.1, 0.15) is 34.3 Å². The van der Waals surface area contributed by atoms with Crippen LogP contribution in [0.4, 0.5) is 0 Å². The van der Waals surface area contributed by atoms with Crippen LogP contribution in [0.15, 0.2) is 36.4 Å². The number of aliphatic hydroxyl groups is 1. The van der Waals surface area contributed by atoms with Crippen LogP contribution in [0.3, 0.4) is 0 Å². The van der Waals surface area contributed by atoms with Crippen molar-refractivity contribution in [3.8, 4) is 11.5 Å². The number of hydrogen-bond donors (Lipinski definition) is 1. The first-order valence-electron chi connectivity index (χ1n) is 7.16. The summed E-state index contributed by atoms with van der Waals surface area (Å²) in [5.74, 6) is 1.71. The van der Waals surface area contributed by atoms with Gasteiger partial charge in [0.2, 0.25) is 0 Å². The molecule has 1 aliphatic rings. The lowest BCUT2D eigenvalue weighted by atomic mass is 9.88. The Labute approximate surface area is 125 Å². The van der Waals surface area contributed by atoms with E-state index in [4.69, 9.17) is 9.47 Å². The summed E-state index contributed by atoms with van der Waals surface area (Å²) < 4.78 is 11.0. The topological polar surface area (TPSA) is 38.7 Å². The van der Waals surface area contributed by atoms with E-state index in [0.29, 0.717) is 6.61 Å². The Hall–Kier alpha value is -2.00. The van der Waals surface area contributed by atoms with Crippen LogP contribution in [-0.4, -0.2) is 18.8 Å². The number of para-hydroxylation sites is 1. The Morgan fingerprint density at radius 1 is 1.19 bits per heavy atom. The Balaban J connectivity index is 1.97. The number of methoxy groups -OCH3 is 1. The van der Waals surface area contributed by atoms with Gasteiger partial charge in [0.25, 0.3) is 0 Å². The van der Waals surface area contributed by atoms with E-state index in [1.54, 1.807) is 7.11 Å². The summed E-state index contributed by atoms with van der Waals surface area (Å²) in [6.07, 6.45) is -0.571. The van der Waals surface area contributed by atoms with Crippen molar-refractivity contribution >= 4 is 0 Å². The first kappa shape index (κ1) is 14.0. The second-order valence-electron chi connectivity index (χ2n) is 5.58. The van der Waals surface area contributed by atoms with Gasteiger partial charge in [-0.25, -0.2) is 0 Å². The van der Waals surface area contributed by atoms with Crippen molar-refractivity contribution in [2.75, 3.05) is 13.7 Å². The van der Waals surface area contributed by atoms with Crippen LogP contribution in [0.5, 0.6) is 11.5 Å². The molecule has 0 spiro atoms. The molecule has 3 nitrogen and oxygen atoms in total. The molecule has 110 valence electrons. The Bertz CT molecular complexity index is 664. The molecule has 2 aromatic rings. The lowest BCUT2D eigenvalue weighted by molar-refractivity contribution is 0.129. The van der Waals surface area contributed by atoms with E-state index in [2.05, 4.69) is 0 Å². The molecular weight excluding hydrogens is 264 g/mol. The van der Waals surface area contributed by atoms with E-state index in [1.165, 1.54) is 0 Å². The summed E-state index contributed by atoms with van der Waals surface area (Å²) in [5.41, 5.74) is 4.09. The first-order chi connectivity index (χ1) is 10.1. The van der Waals surface area contributed by atoms with Gasteiger partial charge >= 0.3 is 0 Å². The SMILES string of the molecule is COc1cc(C)c(C(O)C2COc3ccccc32)cc1C. The molecule has 0 amide bonds. The van der Waals surface area contributed by atoms with Gasteiger partial charge in [-0.05, 0) is 48.7 Å². The van der Waals surface area contributed by atoms with Crippen molar-refractivity contribution in [1.82, 2.24) is 0 Å². The molecule has 1 heterocycles. The summed E-state index contributed by atoms with van der Waals surface area (Å²) >= 11 is 0. The molecule has 1 N–H and O–H groups in total. The molecule has 2 atom stereocenters. The van der Waals surface area contributed by atoms with E-state index < -0.39 is 6.10 Å². The van der Waals surface area contributed by atoms with E-state index >= 15 is 0 Å². The van der Waals surface area contributed by atoms with Crippen molar-refractivity contribution in [3.63, 3.8) is 0 Å². The third-order valence-corrected chi connectivity index (χ3v) is 4.22. The number of hydrogen-bond acceptors (Lipinski definition) is 3. The van der Waals surface area contributed by atoms with Gasteiger partial charge < -0.3 is 14.6 Å². The number of rotatable bonds is 3. The third kappa shape index (κ3) is 2.38. The zero-order valence-electron chi connectivity index (χ0n) is 12.6. The highest BCUT2D eigenvalue weighted by Gasteiger charge is 2.31. The van der Waals surface area contributed by atoms with Crippen molar-refractivity contribution < 1.29 is 14.6 Å². The Morgan fingerprint density at radius 3 is 2.71 bits per heavy atom. The highest BCUT2D eigenvalue weighted by atomic mass is 16.5. The minimum atomic E-state index is -0.571. The summed E-state index contributed by atoms with van der Waals surface area (Å²) in [6.45, 7) is 4.51. The lowest BCUT2D eigenvalue weighted by Gasteiger charge is -2.21. The normalized spacial score (nSPS) is 18.0. The zero-order chi connectivity index (χ0) is 15.0. The monoisotopic (exact) mass is 284 g/mol. The fraction of sp³-hybridized carbons (Fsp3) is 0.333. The summed E-state index contributed by atoms with van der Waals surface area (Å²) in [6, 6.07) is 11.9. The highest BCUT2D eigenvalue weighted by molar-refractivity contribution is 5.46.